The molecule has 0 spiro atoms. The second kappa shape index (κ2) is 7.60. The lowest BCUT2D eigenvalue weighted by atomic mass is 10.1. The predicted octanol–water partition coefficient (Wildman–Crippen LogP) is 2.01. The molecule has 4 heterocycles. The van der Waals surface area contributed by atoms with Crippen LogP contribution in [-0.4, -0.2) is 68.1 Å². The van der Waals surface area contributed by atoms with Crippen LogP contribution in [0, 0.1) is 12.7 Å². The van der Waals surface area contributed by atoms with Crippen LogP contribution in [0.1, 0.15) is 28.9 Å². The van der Waals surface area contributed by atoms with Gasteiger partial charge in [-0.2, -0.15) is 20.0 Å². The van der Waals surface area contributed by atoms with Crippen molar-refractivity contribution in [3.63, 3.8) is 0 Å². The molecule has 0 saturated carbocycles. The van der Waals surface area contributed by atoms with E-state index in [0.717, 1.165) is 18.5 Å². The SMILES string of the molecule is COc1cc(C)nc(N2C3CCC2CN(C(=O)c2c(F)cccc2-n2nccn2)C3)n1. The van der Waals surface area contributed by atoms with Crippen LogP contribution in [0.25, 0.3) is 5.69 Å². The molecule has 1 aromatic carbocycles. The summed E-state index contributed by atoms with van der Waals surface area (Å²) in [5.41, 5.74) is 1.14. The molecular formula is C21H22FN7O2. The third-order valence-corrected chi connectivity index (χ3v) is 5.87. The summed E-state index contributed by atoms with van der Waals surface area (Å²) in [6.45, 7) is 2.84. The summed E-state index contributed by atoms with van der Waals surface area (Å²) in [4.78, 5) is 27.7. The number of amides is 1. The molecule has 0 radical (unpaired) electrons. The van der Waals surface area contributed by atoms with Crippen LogP contribution in [0.3, 0.4) is 0 Å². The van der Waals surface area contributed by atoms with Crippen molar-refractivity contribution in [1.82, 2.24) is 29.9 Å². The predicted molar refractivity (Wildman–Crippen MR) is 110 cm³/mol. The van der Waals surface area contributed by atoms with Crippen LogP contribution in [0.2, 0.25) is 0 Å². The molecular weight excluding hydrogens is 401 g/mol. The number of nitrogens with zero attached hydrogens (tertiary/aromatic N) is 7. The van der Waals surface area contributed by atoms with Gasteiger partial charge in [0.1, 0.15) is 17.1 Å². The number of rotatable bonds is 4. The first-order valence-corrected chi connectivity index (χ1v) is 10.2. The fourth-order valence-corrected chi connectivity index (χ4v) is 4.53. The number of hydrogen-bond acceptors (Lipinski definition) is 7. The number of piperazine rings is 1. The van der Waals surface area contributed by atoms with Gasteiger partial charge in [0.05, 0.1) is 19.5 Å². The fourth-order valence-electron chi connectivity index (χ4n) is 4.53. The van der Waals surface area contributed by atoms with Gasteiger partial charge in [0.25, 0.3) is 5.91 Å². The maximum absolute atomic E-state index is 14.8. The highest BCUT2D eigenvalue weighted by Crippen LogP contribution is 2.35. The minimum atomic E-state index is -0.582. The summed E-state index contributed by atoms with van der Waals surface area (Å²) < 4.78 is 20.1. The molecule has 2 aliphatic heterocycles. The zero-order valence-corrected chi connectivity index (χ0v) is 17.3. The summed E-state index contributed by atoms with van der Waals surface area (Å²) in [5.74, 6) is 0.193. The first-order chi connectivity index (χ1) is 15.0. The molecule has 3 aromatic rings. The molecule has 160 valence electrons. The van der Waals surface area contributed by atoms with E-state index >= 15 is 0 Å². The Morgan fingerprint density at radius 1 is 1.13 bits per heavy atom. The summed E-state index contributed by atoms with van der Waals surface area (Å²) >= 11 is 0. The Kier molecular flexibility index (Phi) is 4.76. The molecule has 5 rings (SSSR count). The zero-order chi connectivity index (χ0) is 21.5. The molecule has 9 nitrogen and oxygen atoms in total. The monoisotopic (exact) mass is 423 g/mol. The molecule has 2 fully saturated rings. The zero-order valence-electron chi connectivity index (χ0n) is 17.3. The van der Waals surface area contributed by atoms with Gasteiger partial charge >= 0.3 is 0 Å². The first kappa shape index (κ1) is 19.4. The molecule has 10 heteroatoms. The molecule has 0 aliphatic carbocycles. The number of carbonyl (C=O) groups is 1. The highest BCUT2D eigenvalue weighted by atomic mass is 19.1. The molecule has 2 aliphatic rings. The standard InChI is InChI=1S/C21H22FN7O2/c1-13-10-18(31-2)26-21(25-13)28-14-6-7-15(28)12-27(11-14)20(30)19-16(22)4-3-5-17(19)29-23-8-9-24-29/h3-5,8-10,14-15H,6-7,11-12H2,1-2H3. The number of aryl methyl sites for hydroxylation is 1. The van der Waals surface area contributed by atoms with Crippen molar-refractivity contribution >= 4 is 11.9 Å². The summed E-state index contributed by atoms with van der Waals surface area (Å²) in [5, 5.41) is 8.13. The second-order valence-corrected chi connectivity index (χ2v) is 7.81. The Balaban J connectivity index is 1.44. The van der Waals surface area contributed by atoms with E-state index in [1.165, 1.54) is 23.3 Å². The topological polar surface area (TPSA) is 89.3 Å². The Bertz CT molecular complexity index is 1110. The number of ether oxygens (including phenoxy) is 1. The van der Waals surface area contributed by atoms with Crippen molar-refractivity contribution < 1.29 is 13.9 Å². The minimum absolute atomic E-state index is 0.0139. The smallest absolute Gasteiger partial charge is 0.259 e. The number of halogens is 1. The van der Waals surface area contributed by atoms with E-state index in [0.29, 0.717) is 30.6 Å². The molecule has 0 N–H and O–H groups in total. The van der Waals surface area contributed by atoms with Crippen molar-refractivity contribution in [2.24, 2.45) is 0 Å². The van der Waals surface area contributed by atoms with E-state index in [2.05, 4.69) is 25.1 Å². The number of methoxy groups -OCH3 is 1. The minimum Gasteiger partial charge on any atom is -0.481 e. The van der Waals surface area contributed by atoms with Crippen molar-refractivity contribution in [3.05, 3.63) is 53.7 Å². The van der Waals surface area contributed by atoms with Gasteiger partial charge < -0.3 is 14.5 Å². The number of aromatic nitrogens is 5. The Morgan fingerprint density at radius 2 is 1.84 bits per heavy atom. The summed E-state index contributed by atoms with van der Waals surface area (Å²) in [7, 11) is 1.58. The van der Waals surface area contributed by atoms with Crippen molar-refractivity contribution in [2.45, 2.75) is 31.8 Å². The van der Waals surface area contributed by atoms with Crippen LogP contribution >= 0.6 is 0 Å². The number of anilines is 1. The van der Waals surface area contributed by atoms with Crippen LogP contribution < -0.4 is 9.64 Å². The highest BCUT2D eigenvalue weighted by Gasteiger charge is 2.43. The largest absolute Gasteiger partial charge is 0.481 e. The number of benzene rings is 1. The van der Waals surface area contributed by atoms with E-state index in [1.807, 2.05) is 6.92 Å². The van der Waals surface area contributed by atoms with E-state index in [4.69, 9.17) is 4.74 Å². The lowest BCUT2D eigenvalue weighted by Gasteiger charge is -2.41. The van der Waals surface area contributed by atoms with Gasteiger partial charge in [0, 0.05) is 36.9 Å². The average molecular weight is 423 g/mol. The van der Waals surface area contributed by atoms with E-state index in [9.17, 15) is 9.18 Å². The number of hydrogen-bond donors (Lipinski definition) is 0. The number of likely N-dealkylation sites (tertiary alicyclic amines) is 1. The third-order valence-electron chi connectivity index (χ3n) is 5.87. The lowest BCUT2D eigenvalue weighted by molar-refractivity contribution is 0.0711. The average Bonchev–Trinajstić information content (AvgIpc) is 3.39. The van der Waals surface area contributed by atoms with E-state index in [1.54, 1.807) is 30.2 Å². The summed E-state index contributed by atoms with van der Waals surface area (Å²) in [6, 6.07) is 6.40. The normalized spacial score (nSPS) is 20.2. The van der Waals surface area contributed by atoms with Gasteiger partial charge in [-0.15, -0.1) is 0 Å². The second-order valence-electron chi connectivity index (χ2n) is 7.81. The Morgan fingerprint density at radius 3 is 2.52 bits per heavy atom. The van der Waals surface area contributed by atoms with Crippen LogP contribution in [0.4, 0.5) is 10.3 Å². The Labute approximate surface area is 178 Å². The van der Waals surface area contributed by atoms with E-state index < -0.39 is 5.82 Å². The van der Waals surface area contributed by atoms with Gasteiger partial charge in [0.15, 0.2) is 0 Å². The lowest BCUT2D eigenvalue weighted by Crippen LogP contribution is -2.56. The van der Waals surface area contributed by atoms with Crippen molar-refractivity contribution in [1.29, 1.82) is 0 Å². The van der Waals surface area contributed by atoms with Gasteiger partial charge in [-0.25, -0.2) is 9.37 Å². The maximum Gasteiger partial charge on any atom is 0.259 e. The number of carbonyl (C=O) groups excluding carboxylic acids is 1. The van der Waals surface area contributed by atoms with Gasteiger partial charge in [-0.3, -0.25) is 4.79 Å². The quantitative estimate of drug-likeness (QED) is 0.634. The molecule has 1 amide bonds. The molecule has 2 bridgehead atoms. The summed E-state index contributed by atoms with van der Waals surface area (Å²) in [6.07, 6.45) is 4.82. The maximum atomic E-state index is 14.8. The number of fused-ring (bicyclic) bond motifs is 2. The molecule has 31 heavy (non-hydrogen) atoms. The highest BCUT2D eigenvalue weighted by molar-refractivity contribution is 5.98. The van der Waals surface area contributed by atoms with Crippen LogP contribution in [0.5, 0.6) is 5.88 Å². The van der Waals surface area contributed by atoms with Crippen molar-refractivity contribution in [3.8, 4) is 11.6 Å². The van der Waals surface area contributed by atoms with Crippen molar-refractivity contribution in [2.75, 3.05) is 25.1 Å². The molecule has 2 unspecified atom stereocenters. The van der Waals surface area contributed by atoms with Gasteiger partial charge in [0.2, 0.25) is 11.8 Å². The van der Waals surface area contributed by atoms with Gasteiger partial charge in [-0.1, -0.05) is 6.07 Å². The van der Waals surface area contributed by atoms with Gasteiger partial charge in [-0.05, 0) is 31.9 Å². The molecule has 2 saturated heterocycles. The van der Waals surface area contributed by atoms with Crippen LogP contribution in [0.15, 0.2) is 36.7 Å². The van der Waals surface area contributed by atoms with Crippen LogP contribution in [-0.2, 0) is 0 Å². The Hall–Kier alpha value is -3.56. The fraction of sp³-hybridized carbons (Fsp3) is 0.381. The third kappa shape index (κ3) is 3.37. The molecule has 2 atom stereocenters. The first-order valence-electron chi connectivity index (χ1n) is 10.2. The molecule has 2 aromatic heterocycles. The van der Waals surface area contributed by atoms with E-state index in [-0.39, 0.29) is 23.6 Å².